The molecule has 1 nitrogen and oxygen atoms in total. The summed E-state index contributed by atoms with van der Waals surface area (Å²) in [5, 5.41) is 3.43. The Morgan fingerprint density at radius 2 is 2.07 bits per heavy atom. The topological polar surface area (TPSA) is 12.0 Å². The van der Waals surface area contributed by atoms with Crippen molar-refractivity contribution in [2.24, 2.45) is 0 Å². The van der Waals surface area contributed by atoms with Gasteiger partial charge in [0.1, 0.15) is 0 Å². The van der Waals surface area contributed by atoms with Gasteiger partial charge < -0.3 is 5.32 Å². The van der Waals surface area contributed by atoms with Gasteiger partial charge in [0.05, 0.1) is 4.34 Å². The van der Waals surface area contributed by atoms with E-state index >= 15 is 0 Å². The number of nitrogens with one attached hydrogen (secondary N) is 1. The molecule has 0 fully saturated rings. The van der Waals surface area contributed by atoms with Crippen LogP contribution in [0.4, 0.5) is 0 Å². The molecule has 0 atom stereocenters. The van der Waals surface area contributed by atoms with E-state index in [4.69, 9.17) is 11.6 Å². The second-order valence-corrected chi connectivity index (χ2v) is 5.92. The third kappa shape index (κ3) is 6.18. The first kappa shape index (κ1) is 13.0. The van der Waals surface area contributed by atoms with E-state index in [0.717, 1.165) is 10.9 Å². The Hall–Kier alpha value is -0.0500. The van der Waals surface area contributed by atoms with Crippen LogP contribution in [0.2, 0.25) is 4.34 Å². The smallest absolute Gasteiger partial charge is 0.0931 e. The van der Waals surface area contributed by atoms with Gasteiger partial charge in [-0.25, -0.2) is 0 Å². The maximum atomic E-state index is 5.87. The molecule has 0 aliphatic heterocycles. The number of aryl methyl sites for hydroxylation is 1. The first-order valence-electron chi connectivity index (χ1n) is 5.66. The first-order valence-corrected chi connectivity index (χ1v) is 6.85. The lowest BCUT2D eigenvalue weighted by molar-refractivity contribution is 0.549. The molecule has 0 aliphatic carbocycles. The molecule has 86 valence electrons. The molecule has 0 aromatic carbocycles. The highest BCUT2D eigenvalue weighted by molar-refractivity contribution is 7.16. The van der Waals surface area contributed by atoms with Crippen LogP contribution in [-0.2, 0) is 6.42 Å². The van der Waals surface area contributed by atoms with Crippen molar-refractivity contribution in [3.05, 3.63) is 21.3 Å². The fourth-order valence-electron chi connectivity index (χ4n) is 1.48. The second-order valence-electron chi connectivity index (χ2n) is 4.13. The molecule has 1 aromatic rings. The highest BCUT2D eigenvalue weighted by atomic mass is 35.5. The minimum Gasteiger partial charge on any atom is -0.315 e. The number of hydrogen-bond acceptors (Lipinski definition) is 2. The van der Waals surface area contributed by atoms with Crippen molar-refractivity contribution in [1.82, 2.24) is 5.32 Å². The number of halogens is 1. The number of unbranched alkanes of at least 4 members (excludes halogenated alkanes) is 2. The van der Waals surface area contributed by atoms with Crippen molar-refractivity contribution in [2.75, 3.05) is 6.54 Å². The molecular formula is C12H20ClNS. The Labute approximate surface area is 102 Å². The van der Waals surface area contributed by atoms with Crippen LogP contribution in [0.3, 0.4) is 0 Å². The Balaban J connectivity index is 1.98. The van der Waals surface area contributed by atoms with Gasteiger partial charge in [0.2, 0.25) is 0 Å². The van der Waals surface area contributed by atoms with Gasteiger partial charge in [0.15, 0.2) is 0 Å². The monoisotopic (exact) mass is 245 g/mol. The van der Waals surface area contributed by atoms with Crippen LogP contribution in [-0.4, -0.2) is 12.6 Å². The van der Waals surface area contributed by atoms with Crippen LogP contribution < -0.4 is 5.32 Å². The van der Waals surface area contributed by atoms with Crippen molar-refractivity contribution in [3.63, 3.8) is 0 Å². The van der Waals surface area contributed by atoms with Gasteiger partial charge in [-0.15, -0.1) is 11.3 Å². The Bertz CT molecular complexity index is 270. The average Bonchev–Trinajstić information content (AvgIpc) is 2.57. The summed E-state index contributed by atoms with van der Waals surface area (Å²) in [5.41, 5.74) is 0. The maximum absolute atomic E-state index is 5.87. The van der Waals surface area contributed by atoms with E-state index in [0.29, 0.717) is 6.04 Å². The molecule has 1 aromatic heterocycles. The quantitative estimate of drug-likeness (QED) is 0.713. The molecule has 1 heterocycles. The molecule has 0 aliphatic rings. The molecule has 1 N–H and O–H groups in total. The largest absolute Gasteiger partial charge is 0.315 e. The summed E-state index contributed by atoms with van der Waals surface area (Å²) < 4.78 is 0.909. The van der Waals surface area contributed by atoms with Gasteiger partial charge in [0, 0.05) is 10.9 Å². The molecule has 15 heavy (non-hydrogen) atoms. The summed E-state index contributed by atoms with van der Waals surface area (Å²) in [7, 11) is 0. The Morgan fingerprint density at radius 1 is 1.27 bits per heavy atom. The van der Waals surface area contributed by atoms with E-state index in [1.54, 1.807) is 11.3 Å². The SMILES string of the molecule is CC(C)NCCCCCc1ccc(Cl)s1. The number of thiophene rings is 1. The normalized spacial score (nSPS) is 11.2. The summed E-state index contributed by atoms with van der Waals surface area (Å²) in [6, 6.07) is 4.74. The van der Waals surface area contributed by atoms with Crippen LogP contribution >= 0.6 is 22.9 Å². The van der Waals surface area contributed by atoms with Gasteiger partial charge in [-0.05, 0) is 37.9 Å². The van der Waals surface area contributed by atoms with Gasteiger partial charge in [0.25, 0.3) is 0 Å². The van der Waals surface area contributed by atoms with Crippen molar-refractivity contribution < 1.29 is 0 Å². The van der Waals surface area contributed by atoms with Crippen LogP contribution in [0.5, 0.6) is 0 Å². The first-order chi connectivity index (χ1) is 7.18. The van der Waals surface area contributed by atoms with E-state index < -0.39 is 0 Å². The molecule has 0 radical (unpaired) electrons. The number of rotatable bonds is 7. The second kappa shape index (κ2) is 7.26. The van der Waals surface area contributed by atoms with Crippen molar-refractivity contribution in [1.29, 1.82) is 0 Å². The Morgan fingerprint density at radius 3 is 2.67 bits per heavy atom. The van der Waals surface area contributed by atoms with Crippen LogP contribution in [0.1, 0.15) is 38.0 Å². The lowest BCUT2D eigenvalue weighted by atomic mass is 10.1. The highest BCUT2D eigenvalue weighted by Crippen LogP contribution is 2.22. The summed E-state index contributed by atoms with van der Waals surface area (Å²) in [4.78, 5) is 1.41. The highest BCUT2D eigenvalue weighted by Gasteiger charge is 1.98. The van der Waals surface area contributed by atoms with Crippen molar-refractivity contribution in [3.8, 4) is 0 Å². The van der Waals surface area contributed by atoms with E-state index in [1.807, 2.05) is 6.07 Å². The van der Waals surface area contributed by atoms with Gasteiger partial charge >= 0.3 is 0 Å². The van der Waals surface area contributed by atoms with E-state index in [2.05, 4.69) is 25.2 Å². The van der Waals surface area contributed by atoms with Crippen LogP contribution in [0.25, 0.3) is 0 Å². The van der Waals surface area contributed by atoms with E-state index in [9.17, 15) is 0 Å². The van der Waals surface area contributed by atoms with Crippen LogP contribution in [0, 0.1) is 0 Å². The van der Waals surface area contributed by atoms with Gasteiger partial charge in [-0.3, -0.25) is 0 Å². The van der Waals surface area contributed by atoms with E-state index in [-0.39, 0.29) is 0 Å². The lowest BCUT2D eigenvalue weighted by Gasteiger charge is -2.06. The molecule has 0 bridgehead atoms. The molecule has 0 spiro atoms. The predicted molar refractivity (Wildman–Crippen MR) is 70.0 cm³/mol. The van der Waals surface area contributed by atoms with Gasteiger partial charge in [-0.1, -0.05) is 31.9 Å². The molecular weight excluding hydrogens is 226 g/mol. The van der Waals surface area contributed by atoms with Gasteiger partial charge in [-0.2, -0.15) is 0 Å². The summed E-state index contributed by atoms with van der Waals surface area (Å²) in [5.74, 6) is 0. The van der Waals surface area contributed by atoms with Crippen molar-refractivity contribution >= 4 is 22.9 Å². The fourth-order valence-corrected chi connectivity index (χ4v) is 2.61. The van der Waals surface area contributed by atoms with Crippen LogP contribution in [0.15, 0.2) is 12.1 Å². The predicted octanol–water partition coefficient (Wildman–Crippen LogP) is 4.11. The fraction of sp³-hybridized carbons (Fsp3) is 0.667. The summed E-state index contributed by atoms with van der Waals surface area (Å²) in [6.07, 6.45) is 5.03. The zero-order valence-electron chi connectivity index (χ0n) is 9.55. The molecule has 3 heteroatoms. The lowest BCUT2D eigenvalue weighted by Crippen LogP contribution is -2.23. The summed E-state index contributed by atoms with van der Waals surface area (Å²) in [6.45, 7) is 5.52. The molecule has 0 saturated carbocycles. The molecule has 1 rings (SSSR count). The molecule has 0 unspecified atom stereocenters. The molecule has 0 saturated heterocycles. The third-order valence-electron chi connectivity index (χ3n) is 2.28. The maximum Gasteiger partial charge on any atom is 0.0931 e. The van der Waals surface area contributed by atoms with E-state index in [1.165, 1.54) is 30.6 Å². The standard InChI is InChI=1S/C12H20ClNS/c1-10(2)14-9-5-3-4-6-11-7-8-12(13)15-11/h7-8,10,14H,3-6,9H2,1-2H3. The zero-order chi connectivity index (χ0) is 11.1. The average molecular weight is 246 g/mol. The Kier molecular flexibility index (Phi) is 6.30. The number of hydrogen-bond donors (Lipinski definition) is 1. The summed E-state index contributed by atoms with van der Waals surface area (Å²) >= 11 is 7.57. The minimum atomic E-state index is 0.612. The third-order valence-corrected chi connectivity index (χ3v) is 3.57. The molecule has 0 amide bonds. The zero-order valence-corrected chi connectivity index (χ0v) is 11.1. The van der Waals surface area contributed by atoms with Crippen molar-refractivity contribution in [2.45, 2.75) is 45.6 Å². The minimum absolute atomic E-state index is 0.612.